The van der Waals surface area contributed by atoms with E-state index in [0.29, 0.717) is 22.1 Å². The van der Waals surface area contributed by atoms with E-state index >= 15 is 0 Å². The van der Waals surface area contributed by atoms with Gasteiger partial charge in [-0.1, -0.05) is 0 Å². The van der Waals surface area contributed by atoms with Gasteiger partial charge in [0.25, 0.3) is 5.91 Å². The molecule has 0 atom stereocenters. The van der Waals surface area contributed by atoms with Crippen LogP contribution in [0.3, 0.4) is 0 Å². The largest absolute Gasteiger partial charge is 0.496 e. The van der Waals surface area contributed by atoms with Gasteiger partial charge in [-0.15, -0.1) is 11.3 Å². The van der Waals surface area contributed by atoms with E-state index in [1.165, 1.54) is 37.7 Å². The van der Waals surface area contributed by atoms with E-state index in [-0.39, 0.29) is 12.2 Å². The van der Waals surface area contributed by atoms with Crippen LogP contribution in [-0.2, 0) is 27.1 Å². The zero-order valence-electron chi connectivity index (χ0n) is 18.0. The Kier molecular flexibility index (Phi) is 7.17. The average Bonchev–Trinajstić information content (AvgIpc) is 3.33. The summed E-state index contributed by atoms with van der Waals surface area (Å²) in [6, 6.07) is 3.06. The van der Waals surface area contributed by atoms with Gasteiger partial charge in [0.15, 0.2) is 6.61 Å². The molecule has 9 heteroatoms. The predicted octanol–water partition coefficient (Wildman–Crippen LogP) is 3.53. The smallest absolute Gasteiger partial charge is 0.341 e. The van der Waals surface area contributed by atoms with Gasteiger partial charge in [-0.2, -0.15) is 0 Å². The lowest BCUT2D eigenvalue weighted by molar-refractivity contribution is -0.119. The van der Waals surface area contributed by atoms with Crippen molar-refractivity contribution in [2.75, 3.05) is 32.8 Å². The third-order valence-corrected chi connectivity index (χ3v) is 6.18. The van der Waals surface area contributed by atoms with Crippen molar-refractivity contribution in [3.63, 3.8) is 0 Å². The molecular weight excluding hydrogens is 422 g/mol. The molecule has 1 N–H and O–H groups in total. The van der Waals surface area contributed by atoms with Crippen LogP contribution >= 0.6 is 11.3 Å². The summed E-state index contributed by atoms with van der Waals surface area (Å²) in [5.74, 6) is -0.727. The average molecular weight is 448 g/mol. The summed E-state index contributed by atoms with van der Waals surface area (Å²) in [5, 5.41) is 3.13. The van der Waals surface area contributed by atoms with Crippen LogP contribution in [-0.4, -0.2) is 45.3 Å². The zero-order chi connectivity index (χ0) is 22.5. The van der Waals surface area contributed by atoms with E-state index in [2.05, 4.69) is 5.32 Å². The van der Waals surface area contributed by atoms with E-state index < -0.39 is 24.5 Å². The fraction of sp³-hybridized carbons (Fsp3) is 0.409. The normalized spacial score (nSPS) is 12.1. The second kappa shape index (κ2) is 9.82. The summed E-state index contributed by atoms with van der Waals surface area (Å²) in [5.41, 5.74) is 2.30. The maximum atomic E-state index is 12.4. The van der Waals surface area contributed by atoms with Gasteiger partial charge >= 0.3 is 11.9 Å². The van der Waals surface area contributed by atoms with Crippen molar-refractivity contribution in [2.24, 2.45) is 0 Å². The number of benzene rings is 1. The number of thiophene rings is 1. The van der Waals surface area contributed by atoms with E-state index in [0.717, 1.165) is 35.3 Å². The number of hydrogen-bond acceptors (Lipinski definition) is 8. The lowest BCUT2D eigenvalue weighted by atomic mass is 10.1. The number of esters is 2. The van der Waals surface area contributed by atoms with Crippen LogP contribution in [0.15, 0.2) is 12.1 Å². The zero-order valence-corrected chi connectivity index (χ0v) is 18.8. The molecule has 0 unspecified atom stereocenters. The van der Waals surface area contributed by atoms with Crippen LogP contribution in [0.25, 0.3) is 0 Å². The van der Waals surface area contributed by atoms with Crippen LogP contribution < -0.4 is 14.8 Å². The van der Waals surface area contributed by atoms with Crippen molar-refractivity contribution >= 4 is 34.2 Å². The summed E-state index contributed by atoms with van der Waals surface area (Å²) < 4.78 is 20.8. The Labute approximate surface area is 184 Å². The minimum absolute atomic E-state index is 0.203. The van der Waals surface area contributed by atoms with Crippen LogP contribution in [0.4, 0.5) is 5.00 Å². The van der Waals surface area contributed by atoms with Gasteiger partial charge in [0, 0.05) is 10.4 Å². The Balaban J connectivity index is 1.69. The number of rotatable bonds is 8. The lowest BCUT2D eigenvalue weighted by Crippen LogP contribution is -2.22. The fourth-order valence-corrected chi connectivity index (χ4v) is 4.79. The molecule has 3 rings (SSSR count). The van der Waals surface area contributed by atoms with Crippen molar-refractivity contribution in [1.29, 1.82) is 0 Å². The molecule has 0 saturated carbocycles. The van der Waals surface area contributed by atoms with Gasteiger partial charge in [0.1, 0.15) is 16.5 Å². The Morgan fingerprint density at radius 1 is 1.03 bits per heavy atom. The molecule has 1 aromatic carbocycles. The van der Waals surface area contributed by atoms with Crippen LogP contribution in [0, 0.1) is 6.92 Å². The minimum Gasteiger partial charge on any atom is -0.496 e. The van der Waals surface area contributed by atoms with E-state index in [1.807, 2.05) is 0 Å². The van der Waals surface area contributed by atoms with E-state index in [9.17, 15) is 14.4 Å². The second-order valence-electron chi connectivity index (χ2n) is 6.91. The molecular formula is C22H25NO7S. The molecule has 0 radical (unpaired) electrons. The van der Waals surface area contributed by atoms with Crippen LogP contribution in [0.1, 0.15) is 50.1 Å². The minimum atomic E-state index is -0.689. The Hall–Kier alpha value is -3.07. The number of hydrogen-bond donors (Lipinski definition) is 1. The first kappa shape index (κ1) is 22.6. The van der Waals surface area contributed by atoms with Gasteiger partial charge in [-0.05, 0) is 50.8 Å². The first-order valence-corrected chi connectivity index (χ1v) is 10.7. The molecule has 166 valence electrons. The number of carbonyl (C=O) groups excluding carboxylic acids is 3. The molecule has 1 aliphatic rings. The molecule has 1 amide bonds. The lowest BCUT2D eigenvalue weighted by Gasteiger charge is -2.12. The van der Waals surface area contributed by atoms with Crippen molar-refractivity contribution in [3.8, 4) is 11.5 Å². The summed E-state index contributed by atoms with van der Waals surface area (Å²) in [6.07, 6.45) is 2.62. The Morgan fingerprint density at radius 3 is 2.32 bits per heavy atom. The number of fused-ring (bicyclic) bond motifs is 1. The van der Waals surface area contributed by atoms with Gasteiger partial charge < -0.3 is 24.3 Å². The Morgan fingerprint density at radius 2 is 1.71 bits per heavy atom. The topological polar surface area (TPSA) is 100 Å². The number of aryl methyl sites for hydroxylation is 1. The maximum absolute atomic E-state index is 12.4. The highest BCUT2D eigenvalue weighted by atomic mass is 32.1. The van der Waals surface area contributed by atoms with Crippen molar-refractivity contribution in [1.82, 2.24) is 0 Å². The first-order valence-electron chi connectivity index (χ1n) is 9.90. The number of carbonyl (C=O) groups is 3. The molecule has 0 aliphatic heterocycles. The molecule has 0 spiro atoms. The first-order chi connectivity index (χ1) is 14.9. The highest BCUT2D eigenvalue weighted by Gasteiger charge is 2.28. The van der Waals surface area contributed by atoms with Crippen LogP contribution in [0.2, 0.25) is 0 Å². The van der Waals surface area contributed by atoms with Crippen molar-refractivity contribution in [3.05, 3.63) is 39.3 Å². The summed E-state index contributed by atoms with van der Waals surface area (Å²) in [6.45, 7) is 3.29. The molecule has 1 aromatic heterocycles. The number of ether oxygens (including phenoxy) is 4. The summed E-state index contributed by atoms with van der Waals surface area (Å²) in [7, 11) is 2.98. The summed E-state index contributed by atoms with van der Waals surface area (Å²) in [4.78, 5) is 38.3. The molecule has 8 nitrogen and oxygen atoms in total. The highest BCUT2D eigenvalue weighted by molar-refractivity contribution is 7.17. The third kappa shape index (κ3) is 4.82. The summed E-state index contributed by atoms with van der Waals surface area (Å²) >= 11 is 1.37. The van der Waals surface area contributed by atoms with Gasteiger partial charge in [-0.25, -0.2) is 9.59 Å². The molecule has 1 aliphatic carbocycles. The molecule has 0 fully saturated rings. The number of anilines is 1. The SMILES string of the molecule is CCOC(=O)c1c(NC(=O)COC(=O)c2cc(OC)c(C)c(OC)c2)sc2c1CCC2. The molecule has 0 saturated heterocycles. The maximum Gasteiger partial charge on any atom is 0.341 e. The quantitative estimate of drug-likeness (QED) is 0.618. The molecule has 0 bridgehead atoms. The third-order valence-electron chi connectivity index (χ3n) is 4.98. The second-order valence-corrected chi connectivity index (χ2v) is 8.02. The standard InChI is InChI=1S/C22H25NO7S/c1-5-29-22(26)19-14-7-6-8-17(14)31-20(19)23-18(24)11-30-21(25)13-9-15(27-3)12(2)16(10-13)28-4/h9-10H,5-8,11H2,1-4H3,(H,23,24). The monoisotopic (exact) mass is 447 g/mol. The van der Waals surface area contributed by atoms with Crippen molar-refractivity contribution < 1.29 is 33.3 Å². The van der Waals surface area contributed by atoms with Gasteiger partial charge in [0.2, 0.25) is 0 Å². The molecule has 1 heterocycles. The van der Waals surface area contributed by atoms with E-state index in [1.54, 1.807) is 13.8 Å². The van der Waals surface area contributed by atoms with Gasteiger partial charge in [0.05, 0.1) is 32.0 Å². The van der Waals surface area contributed by atoms with Crippen molar-refractivity contribution in [2.45, 2.75) is 33.1 Å². The number of methoxy groups -OCH3 is 2. The molecule has 2 aromatic rings. The number of nitrogens with one attached hydrogen (secondary N) is 1. The van der Waals surface area contributed by atoms with Gasteiger partial charge in [-0.3, -0.25) is 4.79 Å². The Bertz CT molecular complexity index is 987. The number of amides is 1. The highest BCUT2D eigenvalue weighted by Crippen LogP contribution is 2.39. The predicted molar refractivity (Wildman–Crippen MR) is 115 cm³/mol. The van der Waals surface area contributed by atoms with Crippen LogP contribution in [0.5, 0.6) is 11.5 Å². The van der Waals surface area contributed by atoms with E-state index in [4.69, 9.17) is 18.9 Å². The fourth-order valence-electron chi connectivity index (χ4n) is 3.49. The molecule has 31 heavy (non-hydrogen) atoms.